The third kappa shape index (κ3) is 4.46. The SMILES string of the molecule is C[n+]1c2ccccc2cc2c(C(=O)O)cc(Cl)cc21.O=S(=O)([O-])C(F)(F)F. The van der Waals surface area contributed by atoms with Crippen molar-refractivity contribution in [3.8, 4) is 0 Å². The van der Waals surface area contributed by atoms with Crippen molar-refractivity contribution in [1.29, 1.82) is 0 Å². The Hall–Kier alpha value is -2.43. The number of nitrogens with zero attached hydrogens (tertiary/aromatic N) is 1. The predicted molar refractivity (Wildman–Crippen MR) is 90.4 cm³/mol. The van der Waals surface area contributed by atoms with E-state index in [1.165, 1.54) is 6.07 Å². The van der Waals surface area contributed by atoms with Crippen LogP contribution < -0.4 is 4.57 Å². The molecule has 0 saturated heterocycles. The van der Waals surface area contributed by atoms with Crippen LogP contribution in [0.1, 0.15) is 10.4 Å². The van der Waals surface area contributed by atoms with Crippen molar-refractivity contribution in [2.24, 2.45) is 7.05 Å². The average Bonchev–Trinajstić information content (AvgIpc) is 2.54. The zero-order valence-corrected chi connectivity index (χ0v) is 15.1. The molecule has 2 aromatic carbocycles. The van der Waals surface area contributed by atoms with Gasteiger partial charge in [0.2, 0.25) is 11.0 Å². The van der Waals surface area contributed by atoms with Gasteiger partial charge >= 0.3 is 11.5 Å². The topological polar surface area (TPSA) is 98.4 Å². The Morgan fingerprint density at radius 3 is 2.22 bits per heavy atom. The number of carboxylic acids is 1. The van der Waals surface area contributed by atoms with Crippen molar-refractivity contribution in [1.82, 2.24) is 0 Å². The molecule has 27 heavy (non-hydrogen) atoms. The summed E-state index contributed by atoms with van der Waals surface area (Å²) in [6.45, 7) is 0. The largest absolute Gasteiger partial charge is 0.741 e. The van der Waals surface area contributed by atoms with Gasteiger partial charge in [0, 0.05) is 22.5 Å². The van der Waals surface area contributed by atoms with Crippen LogP contribution in [0.3, 0.4) is 0 Å². The molecule has 1 aromatic heterocycles. The van der Waals surface area contributed by atoms with Crippen LogP contribution in [-0.4, -0.2) is 29.6 Å². The Balaban J connectivity index is 0.000000279. The number of fused-ring (bicyclic) bond motifs is 2. The van der Waals surface area contributed by atoms with Crippen LogP contribution >= 0.6 is 11.6 Å². The minimum Gasteiger partial charge on any atom is -0.741 e. The van der Waals surface area contributed by atoms with Gasteiger partial charge in [0.05, 0.1) is 10.9 Å². The number of alkyl halides is 3. The van der Waals surface area contributed by atoms with E-state index >= 15 is 0 Å². The van der Waals surface area contributed by atoms with Crippen molar-refractivity contribution < 1.29 is 40.6 Å². The molecule has 1 N–H and O–H groups in total. The van der Waals surface area contributed by atoms with Crippen LogP contribution in [0.15, 0.2) is 42.5 Å². The summed E-state index contributed by atoms with van der Waals surface area (Å²) in [5.41, 5.74) is -3.58. The molecule has 0 bridgehead atoms. The maximum atomic E-state index is 11.3. The quantitative estimate of drug-likeness (QED) is 0.281. The highest BCUT2D eigenvalue weighted by Crippen LogP contribution is 2.25. The second kappa shape index (κ2) is 7.29. The summed E-state index contributed by atoms with van der Waals surface area (Å²) in [5, 5.41) is 11.4. The molecular formula is C16H11ClF3NO5S. The number of halogens is 4. The number of hydrogen-bond acceptors (Lipinski definition) is 4. The summed E-state index contributed by atoms with van der Waals surface area (Å²) < 4.78 is 60.9. The number of carboxylic acid groups (broad SMARTS) is 1. The Kier molecular flexibility index (Phi) is 5.64. The molecule has 0 amide bonds. The Labute approximate surface area is 156 Å². The van der Waals surface area contributed by atoms with Gasteiger partial charge in [-0.3, -0.25) is 0 Å². The van der Waals surface area contributed by atoms with Crippen LogP contribution in [-0.2, 0) is 17.2 Å². The highest BCUT2D eigenvalue weighted by atomic mass is 35.5. The van der Waals surface area contributed by atoms with Gasteiger partial charge in [0.1, 0.15) is 7.05 Å². The molecule has 0 unspecified atom stereocenters. The fourth-order valence-electron chi connectivity index (χ4n) is 2.41. The van der Waals surface area contributed by atoms with E-state index in [9.17, 15) is 23.1 Å². The molecule has 0 aliphatic carbocycles. The number of para-hydroxylation sites is 1. The summed E-state index contributed by atoms with van der Waals surface area (Å²) in [6.07, 6.45) is 0. The van der Waals surface area contributed by atoms with Gasteiger partial charge in [-0.25, -0.2) is 13.2 Å². The summed E-state index contributed by atoms with van der Waals surface area (Å²) in [6, 6.07) is 13.0. The lowest BCUT2D eigenvalue weighted by Crippen LogP contribution is -2.30. The van der Waals surface area contributed by atoms with E-state index in [1.54, 1.807) is 6.07 Å². The lowest BCUT2D eigenvalue weighted by molar-refractivity contribution is -0.617. The average molecular weight is 422 g/mol. The zero-order valence-electron chi connectivity index (χ0n) is 13.5. The van der Waals surface area contributed by atoms with Gasteiger partial charge in [-0.15, -0.1) is 0 Å². The van der Waals surface area contributed by atoms with Crippen molar-refractivity contribution in [2.75, 3.05) is 0 Å². The smallest absolute Gasteiger partial charge is 0.485 e. The third-order valence-corrected chi connectivity index (χ3v) is 4.38. The highest BCUT2D eigenvalue weighted by Gasteiger charge is 2.36. The van der Waals surface area contributed by atoms with Crippen LogP contribution in [0.2, 0.25) is 5.02 Å². The molecule has 0 saturated carbocycles. The fraction of sp³-hybridized carbons (Fsp3) is 0.125. The maximum Gasteiger partial charge on any atom is 0.485 e. The summed E-state index contributed by atoms with van der Waals surface area (Å²) >= 11 is 6.01. The Morgan fingerprint density at radius 1 is 1.15 bits per heavy atom. The van der Waals surface area contributed by atoms with E-state index in [-0.39, 0.29) is 5.56 Å². The molecule has 144 valence electrons. The van der Waals surface area contributed by atoms with Crippen molar-refractivity contribution in [3.63, 3.8) is 0 Å². The van der Waals surface area contributed by atoms with Gasteiger partial charge in [0.15, 0.2) is 10.1 Å². The number of aryl methyl sites for hydroxylation is 1. The standard InChI is InChI=1S/C15H10ClNO2.CHF3O3S/c1-17-13-5-3-2-4-9(13)6-11-12(15(18)19)7-10(16)8-14(11)17;2-1(3,4)8(5,6)7/h2-8H,1H3;(H,5,6,7). The molecule has 0 aliphatic rings. The summed E-state index contributed by atoms with van der Waals surface area (Å²) in [4.78, 5) is 11.3. The van der Waals surface area contributed by atoms with Crippen LogP contribution in [0.5, 0.6) is 0 Å². The molecule has 3 rings (SSSR count). The van der Waals surface area contributed by atoms with Gasteiger partial charge < -0.3 is 9.66 Å². The van der Waals surface area contributed by atoms with E-state index in [2.05, 4.69) is 0 Å². The number of aromatic nitrogens is 1. The number of aromatic carboxylic acids is 1. The molecule has 0 atom stereocenters. The first kappa shape index (κ1) is 20.9. The first-order chi connectivity index (χ1) is 12.3. The van der Waals surface area contributed by atoms with Gasteiger partial charge in [-0.2, -0.15) is 17.7 Å². The van der Waals surface area contributed by atoms with Crippen LogP contribution in [0.25, 0.3) is 21.8 Å². The lowest BCUT2D eigenvalue weighted by atomic mass is 10.1. The minimum atomic E-state index is -6.09. The number of carbonyl (C=O) groups is 1. The molecule has 0 spiro atoms. The van der Waals surface area contributed by atoms with E-state index in [1.807, 2.05) is 41.9 Å². The molecule has 6 nitrogen and oxygen atoms in total. The van der Waals surface area contributed by atoms with E-state index in [0.29, 0.717) is 10.4 Å². The molecule has 0 radical (unpaired) electrons. The van der Waals surface area contributed by atoms with Gasteiger partial charge in [-0.05, 0) is 18.2 Å². The molecule has 1 heterocycles. The van der Waals surface area contributed by atoms with E-state index < -0.39 is 21.6 Å². The number of rotatable bonds is 1. The number of benzene rings is 2. The first-order valence-corrected chi connectivity index (χ1v) is 8.88. The summed E-state index contributed by atoms with van der Waals surface area (Å²) in [5.74, 6) is -0.970. The Morgan fingerprint density at radius 2 is 1.70 bits per heavy atom. The van der Waals surface area contributed by atoms with Crippen molar-refractivity contribution in [2.45, 2.75) is 5.51 Å². The molecule has 11 heteroatoms. The fourth-order valence-corrected chi connectivity index (χ4v) is 2.62. The minimum absolute atomic E-state index is 0.226. The predicted octanol–water partition coefficient (Wildman–Crippen LogP) is 3.22. The third-order valence-electron chi connectivity index (χ3n) is 3.60. The van der Waals surface area contributed by atoms with E-state index in [4.69, 9.17) is 24.6 Å². The van der Waals surface area contributed by atoms with Crippen molar-refractivity contribution >= 4 is 49.5 Å². The molecule has 3 aromatic rings. The van der Waals surface area contributed by atoms with E-state index in [0.717, 1.165) is 16.4 Å². The van der Waals surface area contributed by atoms with Crippen LogP contribution in [0, 0.1) is 0 Å². The lowest BCUT2D eigenvalue weighted by Gasteiger charge is -2.08. The second-order valence-corrected chi connectivity index (χ2v) is 7.16. The van der Waals surface area contributed by atoms with Gasteiger partial charge in [0.25, 0.3) is 0 Å². The highest BCUT2D eigenvalue weighted by molar-refractivity contribution is 7.86. The normalized spacial score (nSPS) is 11.9. The molecular weight excluding hydrogens is 411 g/mol. The monoisotopic (exact) mass is 421 g/mol. The zero-order chi connectivity index (χ0) is 20.6. The first-order valence-electron chi connectivity index (χ1n) is 7.09. The molecule has 0 fully saturated rings. The number of pyridine rings is 1. The van der Waals surface area contributed by atoms with Crippen molar-refractivity contribution in [3.05, 3.63) is 53.1 Å². The van der Waals surface area contributed by atoms with Gasteiger partial charge in [-0.1, -0.05) is 23.7 Å². The van der Waals surface area contributed by atoms with Crippen LogP contribution in [0.4, 0.5) is 13.2 Å². The second-order valence-electron chi connectivity index (χ2n) is 5.35. The maximum absolute atomic E-state index is 11.3. The molecule has 0 aliphatic heterocycles. The number of hydrogen-bond donors (Lipinski definition) is 1. The Bertz CT molecular complexity index is 1150. The summed E-state index contributed by atoms with van der Waals surface area (Å²) in [7, 11) is -4.18.